The molecule has 2 aromatic heterocycles. The van der Waals surface area contributed by atoms with Crippen molar-refractivity contribution in [2.24, 2.45) is 0 Å². The van der Waals surface area contributed by atoms with Gasteiger partial charge < -0.3 is 24.3 Å². The number of aromatic nitrogens is 2. The van der Waals surface area contributed by atoms with Crippen LogP contribution in [0.5, 0.6) is 17.2 Å². The zero-order chi connectivity index (χ0) is 22.6. The van der Waals surface area contributed by atoms with Crippen molar-refractivity contribution in [2.75, 3.05) is 25.3 Å². The molecule has 2 aromatic carbocycles. The van der Waals surface area contributed by atoms with Crippen LogP contribution in [0.25, 0.3) is 16.9 Å². The van der Waals surface area contributed by atoms with E-state index in [1.807, 2.05) is 71.3 Å². The molecule has 4 aromatic rings. The van der Waals surface area contributed by atoms with Crippen molar-refractivity contribution in [1.82, 2.24) is 9.38 Å². The van der Waals surface area contributed by atoms with Gasteiger partial charge in [-0.2, -0.15) is 0 Å². The summed E-state index contributed by atoms with van der Waals surface area (Å²) < 4.78 is 24.0. The van der Waals surface area contributed by atoms with Crippen LogP contribution in [-0.4, -0.2) is 35.3 Å². The van der Waals surface area contributed by atoms with E-state index in [4.69, 9.17) is 23.9 Å². The maximum Gasteiger partial charge on any atom is 0.325 e. The third-order valence-corrected chi connectivity index (χ3v) is 5.20. The van der Waals surface area contributed by atoms with E-state index < -0.39 is 0 Å². The Morgan fingerprint density at radius 1 is 1.09 bits per heavy atom. The van der Waals surface area contributed by atoms with Crippen LogP contribution < -0.4 is 19.5 Å². The molecule has 33 heavy (non-hydrogen) atoms. The van der Waals surface area contributed by atoms with Crippen molar-refractivity contribution in [3.8, 4) is 28.5 Å². The molecule has 1 N–H and O–H groups in total. The molecule has 0 spiro atoms. The minimum absolute atomic E-state index is 0.00822. The summed E-state index contributed by atoms with van der Waals surface area (Å²) in [5, 5.41) is 3.19. The van der Waals surface area contributed by atoms with E-state index in [-0.39, 0.29) is 19.3 Å². The summed E-state index contributed by atoms with van der Waals surface area (Å²) in [6, 6.07) is 19.3. The van der Waals surface area contributed by atoms with Crippen LogP contribution in [0.2, 0.25) is 0 Å². The van der Waals surface area contributed by atoms with Gasteiger partial charge >= 0.3 is 5.97 Å². The fraction of sp³-hybridized carbons (Fsp3) is 0.200. The number of hydrogen-bond donors (Lipinski definition) is 1. The SMILES string of the molecule is CCOC(=O)CNc1c(-c2ccc3c(c2)OCO3)nc2c(OCc3ccccc3)cccn12. The summed E-state index contributed by atoms with van der Waals surface area (Å²) in [6.07, 6.45) is 1.88. The van der Waals surface area contributed by atoms with Gasteiger partial charge in [-0.05, 0) is 42.8 Å². The number of anilines is 1. The molecular weight excluding hydrogens is 422 g/mol. The van der Waals surface area contributed by atoms with Gasteiger partial charge in [0.05, 0.1) is 6.61 Å². The summed E-state index contributed by atoms with van der Waals surface area (Å²) in [6.45, 7) is 2.71. The normalized spacial score (nSPS) is 12.0. The first-order chi connectivity index (χ1) is 16.2. The van der Waals surface area contributed by atoms with Crippen molar-refractivity contribution in [1.29, 1.82) is 0 Å². The van der Waals surface area contributed by atoms with Crippen LogP contribution >= 0.6 is 0 Å². The highest BCUT2D eigenvalue weighted by atomic mass is 16.7. The quantitative estimate of drug-likeness (QED) is 0.405. The average molecular weight is 445 g/mol. The van der Waals surface area contributed by atoms with Gasteiger partial charge in [0, 0.05) is 11.8 Å². The van der Waals surface area contributed by atoms with Crippen LogP contribution in [0, 0.1) is 0 Å². The lowest BCUT2D eigenvalue weighted by atomic mass is 10.1. The zero-order valence-corrected chi connectivity index (χ0v) is 18.1. The number of fused-ring (bicyclic) bond motifs is 2. The third kappa shape index (κ3) is 4.27. The molecule has 0 saturated heterocycles. The molecule has 0 radical (unpaired) electrons. The molecule has 1 aliphatic rings. The maximum absolute atomic E-state index is 12.0. The van der Waals surface area contributed by atoms with E-state index in [2.05, 4.69) is 5.32 Å². The molecule has 5 rings (SSSR count). The Morgan fingerprint density at radius 2 is 1.94 bits per heavy atom. The van der Waals surface area contributed by atoms with E-state index >= 15 is 0 Å². The number of rotatable bonds is 8. The Hall–Kier alpha value is -4.20. The van der Waals surface area contributed by atoms with Crippen LogP contribution in [0.1, 0.15) is 12.5 Å². The smallest absolute Gasteiger partial charge is 0.325 e. The summed E-state index contributed by atoms with van der Waals surface area (Å²) in [7, 11) is 0. The minimum atomic E-state index is -0.347. The first-order valence-corrected chi connectivity index (χ1v) is 10.7. The van der Waals surface area contributed by atoms with Gasteiger partial charge in [0.15, 0.2) is 22.9 Å². The number of pyridine rings is 1. The predicted octanol–water partition coefficient (Wildman–Crippen LogP) is 4.28. The Kier molecular flexibility index (Phi) is 5.72. The molecule has 0 atom stereocenters. The third-order valence-electron chi connectivity index (χ3n) is 5.20. The molecular formula is C25H23N3O5. The van der Waals surface area contributed by atoms with Crippen LogP contribution in [0.4, 0.5) is 5.82 Å². The van der Waals surface area contributed by atoms with E-state index in [0.29, 0.717) is 47.6 Å². The van der Waals surface area contributed by atoms with Crippen molar-refractivity contribution in [3.63, 3.8) is 0 Å². The lowest BCUT2D eigenvalue weighted by Crippen LogP contribution is -2.17. The standard InChI is InChI=1S/C25H23N3O5/c1-2-30-22(29)14-26-25-23(18-10-11-19-21(13-18)33-16-32-19)27-24-20(9-6-12-28(24)25)31-15-17-7-4-3-5-8-17/h3-13,26H,2,14-16H2,1H3. The number of ether oxygens (including phenoxy) is 4. The number of hydrogen-bond acceptors (Lipinski definition) is 7. The first kappa shape index (κ1) is 20.7. The fourth-order valence-electron chi connectivity index (χ4n) is 3.67. The number of carbonyl (C=O) groups excluding carboxylic acids is 1. The largest absolute Gasteiger partial charge is 0.485 e. The summed E-state index contributed by atoms with van der Waals surface area (Å²) in [5.74, 6) is 2.28. The lowest BCUT2D eigenvalue weighted by molar-refractivity contribution is -0.140. The Bertz CT molecular complexity index is 1290. The molecule has 0 aliphatic carbocycles. The van der Waals surface area contributed by atoms with Gasteiger partial charge in [0.25, 0.3) is 0 Å². The molecule has 1 aliphatic heterocycles. The summed E-state index contributed by atoms with van der Waals surface area (Å²) in [5.41, 5.74) is 3.17. The second kappa shape index (κ2) is 9.12. The second-order valence-corrected chi connectivity index (χ2v) is 7.38. The van der Waals surface area contributed by atoms with Crippen LogP contribution in [-0.2, 0) is 16.1 Å². The number of nitrogens with zero attached hydrogens (tertiary/aromatic N) is 2. The topological polar surface area (TPSA) is 83.3 Å². The monoisotopic (exact) mass is 445 g/mol. The molecule has 3 heterocycles. The Morgan fingerprint density at radius 3 is 2.79 bits per heavy atom. The highest BCUT2D eigenvalue weighted by Crippen LogP contribution is 2.39. The number of esters is 1. The van der Waals surface area contributed by atoms with Crippen molar-refractivity contribution in [2.45, 2.75) is 13.5 Å². The molecule has 8 heteroatoms. The van der Waals surface area contributed by atoms with Gasteiger partial charge in [-0.1, -0.05) is 30.3 Å². The fourth-order valence-corrected chi connectivity index (χ4v) is 3.67. The second-order valence-electron chi connectivity index (χ2n) is 7.38. The van der Waals surface area contributed by atoms with E-state index in [1.165, 1.54) is 0 Å². The molecule has 0 fully saturated rings. The van der Waals surface area contributed by atoms with Gasteiger partial charge in [-0.3, -0.25) is 9.20 Å². The highest BCUT2D eigenvalue weighted by Gasteiger charge is 2.21. The first-order valence-electron chi connectivity index (χ1n) is 10.7. The van der Waals surface area contributed by atoms with Gasteiger partial charge in [-0.25, -0.2) is 4.98 Å². The number of nitrogens with one attached hydrogen (secondary N) is 1. The number of benzene rings is 2. The number of carbonyl (C=O) groups is 1. The Balaban J connectivity index is 1.53. The van der Waals surface area contributed by atoms with Crippen LogP contribution in [0.3, 0.4) is 0 Å². The molecule has 0 unspecified atom stereocenters. The van der Waals surface area contributed by atoms with Crippen molar-refractivity contribution in [3.05, 3.63) is 72.4 Å². The summed E-state index contributed by atoms with van der Waals surface area (Å²) >= 11 is 0. The number of imidazole rings is 1. The van der Waals surface area contributed by atoms with Gasteiger partial charge in [0.2, 0.25) is 6.79 Å². The summed E-state index contributed by atoms with van der Waals surface area (Å²) in [4.78, 5) is 16.9. The van der Waals surface area contributed by atoms with Crippen LogP contribution in [0.15, 0.2) is 66.9 Å². The van der Waals surface area contributed by atoms with E-state index in [9.17, 15) is 4.79 Å². The molecule has 8 nitrogen and oxygen atoms in total. The van der Waals surface area contributed by atoms with E-state index in [1.54, 1.807) is 6.92 Å². The van der Waals surface area contributed by atoms with E-state index in [0.717, 1.165) is 11.1 Å². The molecule has 0 bridgehead atoms. The lowest BCUT2D eigenvalue weighted by Gasteiger charge is -2.10. The Labute approximate surface area is 190 Å². The minimum Gasteiger partial charge on any atom is -0.485 e. The zero-order valence-electron chi connectivity index (χ0n) is 18.1. The molecule has 0 amide bonds. The molecule has 0 saturated carbocycles. The average Bonchev–Trinajstić information content (AvgIpc) is 3.46. The highest BCUT2D eigenvalue weighted by molar-refractivity contribution is 5.82. The van der Waals surface area contributed by atoms with Crippen molar-refractivity contribution < 1.29 is 23.7 Å². The molecule has 168 valence electrons. The van der Waals surface area contributed by atoms with Crippen molar-refractivity contribution >= 4 is 17.4 Å². The maximum atomic E-state index is 12.0. The van der Waals surface area contributed by atoms with Gasteiger partial charge in [-0.15, -0.1) is 0 Å². The van der Waals surface area contributed by atoms with Gasteiger partial charge in [0.1, 0.15) is 24.7 Å². The predicted molar refractivity (Wildman–Crippen MR) is 123 cm³/mol.